The second-order valence-electron chi connectivity index (χ2n) is 3.96. The van der Waals surface area contributed by atoms with E-state index in [1.807, 2.05) is 42.5 Å². The number of para-hydroxylation sites is 1. The summed E-state index contributed by atoms with van der Waals surface area (Å²) in [4.78, 5) is 0. The van der Waals surface area contributed by atoms with E-state index in [-0.39, 0.29) is 29.6 Å². The van der Waals surface area contributed by atoms with Crippen LogP contribution in [0.1, 0.15) is 0 Å². The van der Waals surface area contributed by atoms with Gasteiger partial charge in [-0.3, -0.25) is 0 Å². The fourth-order valence-electron chi connectivity index (χ4n) is 1.43. The monoisotopic (exact) mass is 301 g/mol. The maximum atomic E-state index is 10.8. The standard InChI is InChI=1S/C13H14N2O3S.Na/c1-19(16,17)18-15-13-9-7-12(8-10-13)14-11-5-3-2-4-6-11;/h2-10,14-15H,1H3;. The van der Waals surface area contributed by atoms with Crippen molar-refractivity contribution in [3.63, 3.8) is 0 Å². The number of hydrogen-bond acceptors (Lipinski definition) is 5. The Bertz CT molecular complexity index is 630. The van der Waals surface area contributed by atoms with Gasteiger partial charge in [0.25, 0.3) is 10.1 Å². The Morgan fingerprint density at radius 3 is 1.90 bits per heavy atom. The number of nitrogens with one attached hydrogen (secondary N) is 2. The van der Waals surface area contributed by atoms with Gasteiger partial charge in [-0.25, -0.2) is 5.48 Å². The van der Waals surface area contributed by atoms with Gasteiger partial charge in [0.1, 0.15) is 0 Å². The maximum Gasteiger partial charge on any atom is 0.284 e. The molecule has 0 aliphatic heterocycles. The van der Waals surface area contributed by atoms with Crippen molar-refractivity contribution in [3.05, 3.63) is 54.6 Å². The second-order valence-corrected chi connectivity index (χ2v) is 5.53. The van der Waals surface area contributed by atoms with Gasteiger partial charge in [-0.1, -0.05) is 18.2 Å². The molecule has 2 rings (SSSR count). The van der Waals surface area contributed by atoms with Gasteiger partial charge in [-0.15, -0.1) is 0 Å². The Morgan fingerprint density at radius 1 is 0.850 bits per heavy atom. The van der Waals surface area contributed by atoms with Gasteiger partial charge in [0, 0.05) is 40.9 Å². The topological polar surface area (TPSA) is 67.4 Å². The Labute approximate surface area is 140 Å². The summed E-state index contributed by atoms with van der Waals surface area (Å²) in [5.41, 5.74) is 4.80. The molecule has 0 saturated heterocycles. The zero-order valence-corrected chi connectivity index (χ0v) is 14.1. The minimum atomic E-state index is -3.51. The first kappa shape index (κ1) is 17.0. The number of hydrogen-bond donors (Lipinski definition) is 2. The molecule has 0 aromatic heterocycles. The summed E-state index contributed by atoms with van der Waals surface area (Å²) in [6.45, 7) is 0. The van der Waals surface area contributed by atoms with E-state index in [0.717, 1.165) is 17.6 Å². The van der Waals surface area contributed by atoms with E-state index < -0.39 is 10.1 Å². The molecular formula is C13H14N2NaO3S. The van der Waals surface area contributed by atoms with Crippen LogP contribution < -0.4 is 10.8 Å². The molecule has 0 heterocycles. The largest absolute Gasteiger partial charge is 0.356 e. The molecule has 0 bridgehead atoms. The zero-order valence-electron chi connectivity index (χ0n) is 11.3. The third kappa shape index (κ3) is 5.94. The van der Waals surface area contributed by atoms with Gasteiger partial charge in [0.2, 0.25) is 0 Å². The number of rotatable bonds is 5. The van der Waals surface area contributed by atoms with Crippen molar-refractivity contribution in [3.8, 4) is 0 Å². The Balaban J connectivity index is 0.00000200. The van der Waals surface area contributed by atoms with E-state index in [1.54, 1.807) is 12.1 Å². The molecule has 0 atom stereocenters. The molecule has 2 N–H and O–H groups in total. The molecular weight excluding hydrogens is 287 g/mol. The van der Waals surface area contributed by atoms with Crippen LogP contribution in [0.2, 0.25) is 0 Å². The van der Waals surface area contributed by atoms with E-state index in [0.29, 0.717) is 5.69 Å². The number of benzene rings is 2. The van der Waals surface area contributed by atoms with Crippen LogP contribution >= 0.6 is 0 Å². The molecule has 0 aliphatic rings. The van der Waals surface area contributed by atoms with E-state index in [4.69, 9.17) is 0 Å². The van der Waals surface area contributed by atoms with Gasteiger partial charge < -0.3 is 5.32 Å². The van der Waals surface area contributed by atoms with E-state index in [2.05, 4.69) is 15.1 Å². The Kier molecular flexibility index (Phi) is 6.51. The first-order chi connectivity index (χ1) is 9.03. The molecule has 1 radical (unpaired) electrons. The summed E-state index contributed by atoms with van der Waals surface area (Å²) in [6, 6.07) is 16.8. The molecule has 0 unspecified atom stereocenters. The van der Waals surface area contributed by atoms with E-state index in [1.165, 1.54) is 0 Å². The fraction of sp³-hybridized carbons (Fsp3) is 0.0769. The molecule has 2 aromatic carbocycles. The van der Waals surface area contributed by atoms with Crippen molar-refractivity contribution in [1.82, 2.24) is 0 Å². The summed E-state index contributed by atoms with van der Waals surface area (Å²) < 4.78 is 26.1. The van der Waals surface area contributed by atoms with Gasteiger partial charge >= 0.3 is 0 Å². The van der Waals surface area contributed by atoms with E-state index >= 15 is 0 Å². The molecule has 20 heavy (non-hydrogen) atoms. The van der Waals surface area contributed by atoms with Crippen molar-refractivity contribution < 1.29 is 12.7 Å². The minimum absolute atomic E-state index is 0. The van der Waals surface area contributed by atoms with Crippen LogP contribution in [0.3, 0.4) is 0 Å². The van der Waals surface area contributed by atoms with Gasteiger partial charge in [-0.2, -0.15) is 12.7 Å². The van der Waals surface area contributed by atoms with Gasteiger partial charge in [-0.05, 0) is 36.4 Å². The minimum Gasteiger partial charge on any atom is -0.356 e. The summed E-state index contributed by atoms with van der Waals surface area (Å²) in [6.07, 6.45) is 0.978. The Morgan fingerprint density at radius 2 is 1.35 bits per heavy atom. The van der Waals surface area contributed by atoms with Crippen molar-refractivity contribution in [2.75, 3.05) is 17.1 Å². The first-order valence-corrected chi connectivity index (χ1v) is 7.41. The van der Waals surface area contributed by atoms with Crippen LogP contribution in [0.5, 0.6) is 0 Å². The van der Waals surface area contributed by atoms with Crippen LogP contribution in [0, 0.1) is 0 Å². The molecule has 0 saturated carbocycles. The second kappa shape index (κ2) is 7.66. The zero-order chi connectivity index (χ0) is 13.7. The van der Waals surface area contributed by atoms with Crippen molar-refractivity contribution in [2.45, 2.75) is 0 Å². The van der Waals surface area contributed by atoms with Crippen LogP contribution in [0.15, 0.2) is 54.6 Å². The van der Waals surface area contributed by atoms with Crippen LogP contribution in [0.4, 0.5) is 17.1 Å². The normalized spacial score (nSPS) is 10.4. The predicted octanol–water partition coefficient (Wildman–Crippen LogP) is 2.35. The van der Waals surface area contributed by atoms with Crippen LogP contribution in [0.25, 0.3) is 0 Å². The van der Waals surface area contributed by atoms with Crippen molar-refractivity contribution in [2.24, 2.45) is 0 Å². The molecule has 0 amide bonds. The van der Waals surface area contributed by atoms with Crippen LogP contribution in [-0.2, 0) is 14.4 Å². The maximum absolute atomic E-state index is 10.8. The molecule has 2 aromatic rings. The average molecular weight is 301 g/mol. The smallest absolute Gasteiger partial charge is 0.284 e. The van der Waals surface area contributed by atoms with E-state index in [9.17, 15) is 8.42 Å². The molecule has 7 heteroatoms. The first-order valence-electron chi connectivity index (χ1n) is 5.59. The summed E-state index contributed by atoms with van der Waals surface area (Å²) >= 11 is 0. The molecule has 0 spiro atoms. The summed E-state index contributed by atoms with van der Waals surface area (Å²) in [5, 5.41) is 3.22. The quantitative estimate of drug-likeness (QED) is 0.655. The van der Waals surface area contributed by atoms with Crippen molar-refractivity contribution in [1.29, 1.82) is 0 Å². The number of anilines is 3. The average Bonchev–Trinajstić information content (AvgIpc) is 2.38. The fourth-order valence-corrected chi connectivity index (χ4v) is 1.68. The van der Waals surface area contributed by atoms with Crippen molar-refractivity contribution >= 4 is 56.7 Å². The molecule has 101 valence electrons. The summed E-state index contributed by atoms with van der Waals surface area (Å²) in [5.74, 6) is 0. The third-order valence-corrected chi connectivity index (χ3v) is 2.64. The SMILES string of the molecule is CS(=O)(=O)ONc1ccc(Nc2ccccc2)cc1.[Na]. The Hall–Kier alpha value is -1.05. The molecule has 5 nitrogen and oxygen atoms in total. The third-order valence-electron chi connectivity index (χ3n) is 2.26. The van der Waals surface area contributed by atoms with Crippen LogP contribution in [-0.4, -0.2) is 44.2 Å². The molecule has 0 fully saturated rings. The predicted molar refractivity (Wildman–Crippen MR) is 81.5 cm³/mol. The van der Waals surface area contributed by atoms with Gasteiger partial charge in [0.05, 0.1) is 11.9 Å². The molecule has 0 aliphatic carbocycles. The summed E-state index contributed by atoms with van der Waals surface area (Å²) in [7, 11) is -3.51. The van der Waals surface area contributed by atoms with Gasteiger partial charge in [0.15, 0.2) is 0 Å².